The number of carbonyl (C=O) groups is 2. The van der Waals surface area contributed by atoms with Gasteiger partial charge in [0.1, 0.15) is 23.9 Å². The molecule has 2 unspecified atom stereocenters. The van der Waals surface area contributed by atoms with Gasteiger partial charge in [0, 0.05) is 37.6 Å². The van der Waals surface area contributed by atoms with Crippen molar-refractivity contribution in [3.63, 3.8) is 0 Å². The summed E-state index contributed by atoms with van der Waals surface area (Å²) in [4.78, 5) is 31.8. The molecule has 3 heterocycles. The lowest BCUT2D eigenvalue weighted by atomic mass is 10.0. The fourth-order valence-electron chi connectivity index (χ4n) is 5.50. The van der Waals surface area contributed by atoms with Crippen LogP contribution in [0.5, 0.6) is 0 Å². The van der Waals surface area contributed by atoms with Crippen molar-refractivity contribution in [1.29, 1.82) is 0 Å². The quantitative estimate of drug-likeness (QED) is 0.328. The van der Waals surface area contributed by atoms with Crippen LogP contribution in [0.2, 0.25) is 0 Å². The predicted octanol–water partition coefficient (Wildman–Crippen LogP) is 3.48. The van der Waals surface area contributed by atoms with Gasteiger partial charge in [-0.2, -0.15) is 0 Å². The minimum Gasteiger partial charge on any atom is -0.378 e. The number of amides is 2. The third-order valence-corrected chi connectivity index (χ3v) is 7.70. The van der Waals surface area contributed by atoms with Crippen molar-refractivity contribution >= 4 is 34.2 Å². The number of para-hydroxylation sites is 1. The number of anilines is 2. The highest BCUT2D eigenvalue weighted by Crippen LogP contribution is 2.31. The molecular formula is C31H33FN6O4. The molecule has 10 nitrogen and oxygen atoms in total. The van der Waals surface area contributed by atoms with Crippen molar-refractivity contribution < 1.29 is 23.5 Å². The van der Waals surface area contributed by atoms with Gasteiger partial charge in [-0.05, 0) is 66.9 Å². The summed E-state index contributed by atoms with van der Waals surface area (Å²) in [5.41, 5.74) is 3.37. The number of ether oxygens (including phenoxy) is 2. The van der Waals surface area contributed by atoms with Crippen molar-refractivity contribution in [2.45, 2.75) is 31.5 Å². The fraction of sp³-hybridized carbons (Fsp3) is 0.355. The normalized spacial score (nSPS) is 17.7. The van der Waals surface area contributed by atoms with Gasteiger partial charge in [0.2, 0.25) is 11.8 Å². The summed E-state index contributed by atoms with van der Waals surface area (Å²) in [6.45, 7) is 3.69. The Morgan fingerprint density at radius 1 is 1.00 bits per heavy atom. The zero-order chi connectivity index (χ0) is 28.9. The maximum Gasteiger partial charge on any atom is 0.249 e. The Labute approximate surface area is 243 Å². The Morgan fingerprint density at radius 3 is 2.50 bits per heavy atom. The Morgan fingerprint density at radius 2 is 1.76 bits per heavy atom. The molecule has 2 atom stereocenters. The molecule has 11 heteroatoms. The molecule has 2 aliphatic heterocycles. The fourth-order valence-corrected chi connectivity index (χ4v) is 5.50. The highest BCUT2D eigenvalue weighted by Gasteiger charge is 2.34. The Kier molecular flexibility index (Phi) is 8.38. The van der Waals surface area contributed by atoms with Crippen LogP contribution in [0, 0.1) is 5.82 Å². The van der Waals surface area contributed by atoms with Gasteiger partial charge in [-0.25, -0.2) is 9.07 Å². The minimum absolute atomic E-state index is 0.0743. The van der Waals surface area contributed by atoms with E-state index < -0.39 is 17.8 Å². The number of benzene rings is 3. The number of nitrogens with one attached hydrogen (secondary N) is 1. The first-order chi connectivity index (χ1) is 20.6. The molecule has 2 saturated heterocycles. The van der Waals surface area contributed by atoms with Crippen LogP contribution in [0.25, 0.3) is 11.0 Å². The molecular weight excluding hydrogens is 539 g/mol. The van der Waals surface area contributed by atoms with E-state index in [-0.39, 0.29) is 18.6 Å². The number of fused-ring (bicyclic) bond motifs is 1. The van der Waals surface area contributed by atoms with Crippen molar-refractivity contribution in [3.8, 4) is 0 Å². The van der Waals surface area contributed by atoms with Crippen molar-refractivity contribution in [2.75, 3.05) is 49.3 Å². The van der Waals surface area contributed by atoms with E-state index in [1.165, 1.54) is 33.8 Å². The second-order valence-electron chi connectivity index (χ2n) is 10.4. The summed E-state index contributed by atoms with van der Waals surface area (Å²) in [6.07, 6.45) is 1.73. The van der Waals surface area contributed by atoms with Crippen molar-refractivity contribution in [2.24, 2.45) is 0 Å². The molecule has 2 amide bonds. The second-order valence-corrected chi connectivity index (χ2v) is 10.4. The predicted molar refractivity (Wildman–Crippen MR) is 156 cm³/mol. The van der Waals surface area contributed by atoms with Gasteiger partial charge in [0.05, 0.1) is 24.8 Å². The van der Waals surface area contributed by atoms with Crippen molar-refractivity contribution in [1.82, 2.24) is 20.3 Å². The molecule has 0 aliphatic carbocycles. The van der Waals surface area contributed by atoms with E-state index in [0.717, 1.165) is 31.6 Å². The monoisotopic (exact) mass is 572 g/mol. The molecule has 1 aromatic heterocycles. The Hall–Kier alpha value is -4.35. The first kappa shape index (κ1) is 27.8. The van der Waals surface area contributed by atoms with E-state index in [0.29, 0.717) is 48.6 Å². The first-order valence-electron chi connectivity index (χ1n) is 14.2. The molecule has 0 saturated carbocycles. The molecule has 2 aliphatic rings. The third kappa shape index (κ3) is 6.12. The Bertz CT molecular complexity index is 1510. The maximum atomic E-state index is 14.2. The van der Waals surface area contributed by atoms with Crippen LogP contribution < -0.4 is 15.1 Å². The number of morpholine rings is 1. The first-order valence-corrected chi connectivity index (χ1v) is 14.2. The molecule has 2 fully saturated rings. The summed E-state index contributed by atoms with van der Waals surface area (Å²) in [5, 5.41) is 11.4. The van der Waals surface area contributed by atoms with Gasteiger partial charge in [0.25, 0.3) is 0 Å². The Balaban J connectivity index is 1.36. The number of rotatable bonds is 9. The minimum atomic E-state index is -1.03. The van der Waals surface area contributed by atoms with E-state index in [1.54, 1.807) is 0 Å². The molecule has 1 N–H and O–H groups in total. The molecule has 6 rings (SSSR count). The highest BCUT2D eigenvalue weighted by atomic mass is 19.1. The molecule has 0 spiro atoms. The zero-order valence-corrected chi connectivity index (χ0v) is 23.2. The van der Waals surface area contributed by atoms with Gasteiger partial charge in [0.15, 0.2) is 0 Å². The summed E-state index contributed by atoms with van der Waals surface area (Å²) in [5.74, 6) is -1.19. The van der Waals surface area contributed by atoms with Crippen LogP contribution >= 0.6 is 0 Å². The molecule has 0 radical (unpaired) electrons. The number of halogens is 1. The standard InChI is InChI=1S/C31H33FN6O4/c32-23-9-13-25(14-10-23)38(29(39)21-37-28-6-2-1-5-27(28)34-35-37)30(31(40)33-20-26-4-3-17-42-26)22-7-11-24(12-8-22)36-15-18-41-19-16-36/h1-2,5-14,26,30H,3-4,15-21H2,(H,33,40). The number of nitrogens with zero attached hydrogens (tertiary/aromatic N) is 5. The van der Waals surface area contributed by atoms with Crippen LogP contribution in [-0.2, 0) is 25.6 Å². The SMILES string of the molecule is O=C(NCC1CCCO1)C(c1ccc(N2CCOCC2)cc1)N(C(=O)Cn1nnc2ccccc21)c1ccc(F)cc1. The molecule has 218 valence electrons. The van der Waals surface area contributed by atoms with Gasteiger partial charge < -0.3 is 19.7 Å². The number of carbonyl (C=O) groups excluding carboxylic acids is 2. The van der Waals surface area contributed by atoms with Gasteiger partial charge in [-0.1, -0.05) is 29.5 Å². The van der Waals surface area contributed by atoms with E-state index >= 15 is 0 Å². The smallest absolute Gasteiger partial charge is 0.249 e. The van der Waals surface area contributed by atoms with E-state index in [9.17, 15) is 14.0 Å². The number of hydrogen-bond donors (Lipinski definition) is 1. The van der Waals surface area contributed by atoms with Crippen LogP contribution in [0.4, 0.5) is 15.8 Å². The average molecular weight is 573 g/mol. The molecule has 3 aromatic carbocycles. The lowest BCUT2D eigenvalue weighted by Gasteiger charge is -2.33. The largest absolute Gasteiger partial charge is 0.378 e. The van der Waals surface area contributed by atoms with Crippen molar-refractivity contribution in [3.05, 3.63) is 84.2 Å². The van der Waals surface area contributed by atoms with E-state index in [2.05, 4.69) is 20.5 Å². The lowest BCUT2D eigenvalue weighted by Crippen LogP contribution is -2.46. The van der Waals surface area contributed by atoms with Crippen LogP contribution in [-0.4, -0.2) is 72.4 Å². The van der Waals surface area contributed by atoms with E-state index in [4.69, 9.17) is 9.47 Å². The number of aromatic nitrogens is 3. The summed E-state index contributed by atoms with van der Waals surface area (Å²) in [7, 11) is 0. The van der Waals surface area contributed by atoms with Gasteiger partial charge in [-0.15, -0.1) is 5.10 Å². The maximum absolute atomic E-state index is 14.2. The topological polar surface area (TPSA) is 102 Å². The average Bonchev–Trinajstić information content (AvgIpc) is 3.70. The van der Waals surface area contributed by atoms with Gasteiger partial charge >= 0.3 is 0 Å². The summed E-state index contributed by atoms with van der Waals surface area (Å²) in [6, 6.07) is 19.6. The summed E-state index contributed by atoms with van der Waals surface area (Å²) >= 11 is 0. The number of hydrogen-bond acceptors (Lipinski definition) is 7. The van der Waals surface area contributed by atoms with E-state index in [1.807, 2.05) is 48.5 Å². The summed E-state index contributed by atoms with van der Waals surface area (Å²) < 4.78 is 26.7. The third-order valence-electron chi connectivity index (χ3n) is 7.70. The highest BCUT2D eigenvalue weighted by molar-refractivity contribution is 6.01. The lowest BCUT2D eigenvalue weighted by molar-refractivity contribution is -0.127. The van der Waals surface area contributed by atoms with Crippen LogP contribution in [0.1, 0.15) is 24.4 Å². The molecule has 4 aromatic rings. The zero-order valence-electron chi connectivity index (χ0n) is 23.2. The molecule has 42 heavy (non-hydrogen) atoms. The van der Waals surface area contributed by atoms with Gasteiger partial charge in [-0.3, -0.25) is 14.5 Å². The van der Waals surface area contributed by atoms with Crippen LogP contribution in [0.15, 0.2) is 72.8 Å². The van der Waals surface area contributed by atoms with Crippen LogP contribution in [0.3, 0.4) is 0 Å². The molecule has 0 bridgehead atoms. The second kappa shape index (κ2) is 12.7.